The zero-order valence-electron chi connectivity index (χ0n) is 15.7. The molecule has 29 heavy (non-hydrogen) atoms. The van der Waals surface area contributed by atoms with Gasteiger partial charge >= 0.3 is 0 Å². The van der Waals surface area contributed by atoms with Crippen LogP contribution >= 0.6 is 0 Å². The zero-order chi connectivity index (χ0) is 20.1. The van der Waals surface area contributed by atoms with E-state index >= 15 is 0 Å². The maximum absolute atomic E-state index is 12.4. The summed E-state index contributed by atoms with van der Waals surface area (Å²) in [5.41, 5.74) is 2.24. The van der Waals surface area contributed by atoms with Gasteiger partial charge in [0.25, 0.3) is 5.91 Å². The van der Waals surface area contributed by atoms with Crippen molar-refractivity contribution in [1.29, 1.82) is 0 Å². The molecule has 0 spiro atoms. The molecular formula is C19H19N9O. The highest BCUT2D eigenvalue weighted by Crippen LogP contribution is 2.14. The minimum absolute atomic E-state index is 0.184. The average Bonchev–Trinajstić information content (AvgIpc) is 3.40. The van der Waals surface area contributed by atoms with Crippen molar-refractivity contribution in [3.05, 3.63) is 72.3 Å². The van der Waals surface area contributed by atoms with Crippen molar-refractivity contribution in [1.82, 2.24) is 40.2 Å². The molecule has 3 aromatic heterocycles. The monoisotopic (exact) mass is 389 g/mol. The topological polar surface area (TPSA) is 126 Å². The number of rotatable bonds is 7. The first-order valence-corrected chi connectivity index (χ1v) is 8.96. The van der Waals surface area contributed by atoms with Gasteiger partial charge in [0.15, 0.2) is 5.82 Å². The van der Waals surface area contributed by atoms with Crippen molar-refractivity contribution < 1.29 is 4.79 Å². The first-order valence-electron chi connectivity index (χ1n) is 8.96. The van der Waals surface area contributed by atoms with Crippen LogP contribution < -0.4 is 10.6 Å². The van der Waals surface area contributed by atoms with Gasteiger partial charge in [0.05, 0.1) is 13.1 Å². The van der Waals surface area contributed by atoms with Crippen molar-refractivity contribution in [2.45, 2.75) is 13.1 Å². The second kappa shape index (κ2) is 8.30. The third-order valence-corrected chi connectivity index (χ3v) is 4.27. The summed E-state index contributed by atoms with van der Waals surface area (Å²) in [5, 5.41) is 17.2. The molecule has 10 heteroatoms. The molecule has 0 atom stereocenters. The Balaban J connectivity index is 1.36. The molecular weight excluding hydrogens is 370 g/mol. The maximum atomic E-state index is 12.4. The molecule has 3 heterocycles. The Kier molecular flexibility index (Phi) is 5.23. The largest absolute Gasteiger partial charge is 0.378 e. The highest BCUT2D eigenvalue weighted by Gasteiger charge is 2.09. The second-order valence-corrected chi connectivity index (χ2v) is 6.26. The van der Waals surface area contributed by atoms with E-state index in [0.29, 0.717) is 36.1 Å². The van der Waals surface area contributed by atoms with Gasteiger partial charge in [-0.2, -0.15) is 10.2 Å². The number of nitrogens with one attached hydrogen (secondary N) is 3. The van der Waals surface area contributed by atoms with E-state index in [2.05, 4.69) is 40.9 Å². The van der Waals surface area contributed by atoms with Gasteiger partial charge in [-0.25, -0.2) is 9.97 Å². The third kappa shape index (κ3) is 4.43. The number of hydrogen-bond donors (Lipinski definition) is 3. The average molecular weight is 389 g/mol. The first-order chi connectivity index (χ1) is 14.2. The molecule has 0 fully saturated rings. The van der Waals surface area contributed by atoms with Gasteiger partial charge in [-0.05, 0) is 30.3 Å². The maximum Gasteiger partial charge on any atom is 0.251 e. The highest BCUT2D eigenvalue weighted by molar-refractivity contribution is 5.95. The molecule has 3 N–H and O–H groups in total. The predicted molar refractivity (Wildman–Crippen MR) is 106 cm³/mol. The Labute approximate surface area is 166 Å². The number of hydrogen-bond acceptors (Lipinski definition) is 7. The van der Waals surface area contributed by atoms with Crippen LogP contribution in [0.15, 0.2) is 55.1 Å². The van der Waals surface area contributed by atoms with E-state index in [1.807, 2.05) is 24.3 Å². The van der Waals surface area contributed by atoms with E-state index in [0.717, 1.165) is 11.3 Å². The number of aromatic amines is 1. The Morgan fingerprint density at radius 1 is 1.17 bits per heavy atom. The fourth-order valence-corrected chi connectivity index (χ4v) is 2.70. The molecule has 0 saturated heterocycles. The molecule has 0 radical (unpaired) electrons. The molecule has 0 saturated carbocycles. The van der Waals surface area contributed by atoms with Crippen LogP contribution in [0.5, 0.6) is 0 Å². The Bertz CT molecular complexity index is 1100. The van der Waals surface area contributed by atoms with Crippen molar-refractivity contribution >= 4 is 11.6 Å². The third-order valence-electron chi connectivity index (χ3n) is 4.27. The SMILES string of the molecule is Cn1ncnc1CNC(=O)c1cccc(NCc2nc(-c3ccncc3)n[nH]2)c1. The lowest BCUT2D eigenvalue weighted by Gasteiger charge is -2.08. The first kappa shape index (κ1) is 18.3. The lowest BCUT2D eigenvalue weighted by molar-refractivity contribution is 0.0949. The normalized spacial score (nSPS) is 10.7. The van der Waals surface area contributed by atoms with Gasteiger partial charge in [0.2, 0.25) is 0 Å². The quantitative estimate of drug-likeness (QED) is 0.437. The van der Waals surface area contributed by atoms with Crippen LogP contribution in [-0.4, -0.2) is 40.8 Å². The second-order valence-electron chi connectivity index (χ2n) is 6.26. The predicted octanol–water partition coefficient (Wildman–Crippen LogP) is 1.54. The molecule has 146 valence electrons. The summed E-state index contributed by atoms with van der Waals surface area (Å²) >= 11 is 0. The van der Waals surface area contributed by atoms with E-state index < -0.39 is 0 Å². The number of aromatic nitrogens is 7. The number of carbonyl (C=O) groups is 1. The highest BCUT2D eigenvalue weighted by atomic mass is 16.1. The number of H-pyrrole nitrogens is 1. The number of nitrogens with zero attached hydrogens (tertiary/aromatic N) is 6. The van der Waals surface area contributed by atoms with E-state index in [-0.39, 0.29) is 5.91 Å². The van der Waals surface area contributed by atoms with Crippen molar-refractivity contribution in [2.75, 3.05) is 5.32 Å². The summed E-state index contributed by atoms with van der Waals surface area (Å²) in [5.74, 6) is 1.80. The number of aryl methyl sites for hydroxylation is 1. The minimum atomic E-state index is -0.184. The summed E-state index contributed by atoms with van der Waals surface area (Å²) in [4.78, 5) is 25.0. The fourth-order valence-electron chi connectivity index (χ4n) is 2.70. The van der Waals surface area contributed by atoms with E-state index in [1.165, 1.54) is 6.33 Å². The molecule has 1 amide bonds. The molecule has 10 nitrogen and oxygen atoms in total. The van der Waals surface area contributed by atoms with E-state index in [1.54, 1.807) is 36.3 Å². The van der Waals surface area contributed by atoms with Crippen molar-refractivity contribution in [3.63, 3.8) is 0 Å². The summed E-state index contributed by atoms with van der Waals surface area (Å²) in [7, 11) is 1.78. The lowest BCUT2D eigenvalue weighted by atomic mass is 10.2. The number of amides is 1. The fraction of sp³-hybridized carbons (Fsp3) is 0.158. The van der Waals surface area contributed by atoms with Gasteiger partial charge in [0, 0.05) is 36.3 Å². The lowest BCUT2D eigenvalue weighted by Crippen LogP contribution is -2.24. The van der Waals surface area contributed by atoms with E-state index in [4.69, 9.17) is 0 Å². The van der Waals surface area contributed by atoms with Crippen molar-refractivity contribution in [2.24, 2.45) is 7.05 Å². The Hall–Kier alpha value is -4.08. The molecule has 0 bridgehead atoms. The molecule has 4 rings (SSSR count). The van der Waals surface area contributed by atoms with E-state index in [9.17, 15) is 4.79 Å². The van der Waals surface area contributed by atoms with Crippen LogP contribution in [0.2, 0.25) is 0 Å². The van der Waals surface area contributed by atoms with Gasteiger partial charge in [0.1, 0.15) is 18.0 Å². The summed E-state index contributed by atoms with van der Waals surface area (Å²) in [6.07, 6.45) is 4.85. The summed E-state index contributed by atoms with van der Waals surface area (Å²) < 4.78 is 1.62. The van der Waals surface area contributed by atoms with Crippen LogP contribution in [0.1, 0.15) is 22.0 Å². The van der Waals surface area contributed by atoms with Crippen LogP contribution in [0, 0.1) is 0 Å². The van der Waals surface area contributed by atoms with Gasteiger partial charge in [-0.15, -0.1) is 0 Å². The van der Waals surface area contributed by atoms with Gasteiger partial charge < -0.3 is 10.6 Å². The standard InChI is InChI=1S/C19H19N9O/c1-28-17(23-12-24-28)11-22-19(29)14-3-2-4-15(9-14)21-10-16-25-18(27-26-16)13-5-7-20-8-6-13/h2-9,12,21H,10-11H2,1H3,(H,22,29)(H,25,26,27). The number of carbonyl (C=O) groups excluding carboxylic acids is 1. The number of pyridine rings is 1. The molecule has 0 aliphatic carbocycles. The van der Waals surface area contributed by atoms with Crippen LogP contribution in [0.3, 0.4) is 0 Å². The zero-order valence-corrected chi connectivity index (χ0v) is 15.7. The summed E-state index contributed by atoms with van der Waals surface area (Å²) in [6.45, 7) is 0.755. The number of benzene rings is 1. The molecule has 0 aliphatic heterocycles. The Morgan fingerprint density at radius 3 is 2.83 bits per heavy atom. The smallest absolute Gasteiger partial charge is 0.251 e. The van der Waals surface area contributed by atoms with Crippen LogP contribution in [0.4, 0.5) is 5.69 Å². The molecule has 4 aromatic rings. The van der Waals surface area contributed by atoms with Crippen LogP contribution in [-0.2, 0) is 20.1 Å². The molecule has 0 aliphatic rings. The molecule has 1 aromatic carbocycles. The Morgan fingerprint density at radius 2 is 2.03 bits per heavy atom. The number of anilines is 1. The van der Waals surface area contributed by atoms with Crippen molar-refractivity contribution in [3.8, 4) is 11.4 Å². The van der Waals surface area contributed by atoms with Gasteiger partial charge in [-0.1, -0.05) is 6.07 Å². The molecule has 0 unspecified atom stereocenters. The van der Waals surface area contributed by atoms with Crippen LogP contribution in [0.25, 0.3) is 11.4 Å². The minimum Gasteiger partial charge on any atom is -0.378 e. The van der Waals surface area contributed by atoms with Gasteiger partial charge in [-0.3, -0.25) is 19.6 Å². The summed E-state index contributed by atoms with van der Waals surface area (Å²) in [6, 6.07) is 11.0.